The molecule has 6 heteroatoms. The van der Waals surface area contributed by atoms with Crippen LogP contribution >= 0.6 is 0 Å². The zero-order valence-electron chi connectivity index (χ0n) is 11.5. The molecule has 0 aliphatic carbocycles. The molecule has 0 aliphatic heterocycles. The third kappa shape index (κ3) is 3.58. The quantitative estimate of drug-likeness (QED) is 0.831. The molecule has 1 aromatic carbocycles. The number of nitrogens with zero attached hydrogens (tertiary/aromatic N) is 1. The predicted octanol–water partition coefficient (Wildman–Crippen LogP) is 1.33. The molecule has 0 spiro atoms. The fourth-order valence-electron chi connectivity index (χ4n) is 1.66. The zero-order valence-corrected chi connectivity index (χ0v) is 11.5. The van der Waals surface area contributed by atoms with Gasteiger partial charge in [-0.2, -0.15) is 0 Å². The summed E-state index contributed by atoms with van der Waals surface area (Å²) in [7, 11) is 3.40. The first-order valence-corrected chi connectivity index (χ1v) is 6.23. The Kier molecular flexibility index (Phi) is 4.73. The summed E-state index contributed by atoms with van der Waals surface area (Å²) >= 11 is 0. The highest BCUT2D eigenvalue weighted by atomic mass is 16.5. The second kappa shape index (κ2) is 6.72. The summed E-state index contributed by atoms with van der Waals surface area (Å²) in [6, 6.07) is 7.49. The van der Waals surface area contributed by atoms with E-state index in [1.807, 2.05) is 24.3 Å². The maximum atomic E-state index is 11.9. The van der Waals surface area contributed by atoms with Crippen LogP contribution in [0.25, 0.3) is 0 Å². The highest BCUT2D eigenvalue weighted by Gasteiger charge is 2.11. The molecule has 6 nitrogen and oxygen atoms in total. The van der Waals surface area contributed by atoms with Crippen molar-refractivity contribution in [2.45, 2.75) is 13.1 Å². The molecule has 0 bridgehead atoms. The van der Waals surface area contributed by atoms with Crippen LogP contribution in [0.1, 0.15) is 21.9 Å². The molecule has 0 atom stereocenters. The molecular formula is C14H17N3O3. The predicted molar refractivity (Wildman–Crippen MR) is 73.4 cm³/mol. The number of methoxy groups -OCH3 is 1. The summed E-state index contributed by atoms with van der Waals surface area (Å²) in [5.74, 6) is 1.02. The molecule has 106 valence electrons. The van der Waals surface area contributed by atoms with E-state index in [9.17, 15) is 4.79 Å². The van der Waals surface area contributed by atoms with Crippen molar-refractivity contribution in [1.29, 1.82) is 0 Å². The van der Waals surface area contributed by atoms with E-state index in [1.54, 1.807) is 14.2 Å². The lowest BCUT2D eigenvalue weighted by atomic mass is 10.2. The summed E-state index contributed by atoms with van der Waals surface area (Å²) in [6.45, 7) is 0.919. The molecule has 2 aromatic rings. The van der Waals surface area contributed by atoms with Crippen LogP contribution in [0, 0.1) is 0 Å². The minimum Gasteiger partial charge on any atom is -0.497 e. The minimum atomic E-state index is -0.257. The molecule has 0 radical (unpaired) electrons. The van der Waals surface area contributed by atoms with Crippen molar-refractivity contribution < 1.29 is 13.9 Å². The number of aromatic nitrogens is 1. The molecule has 1 heterocycles. The lowest BCUT2D eigenvalue weighted by Gasteiger charge is -2.04. The molecule has 0 unspecified atom stereocenters. The van der Waals surface area contributed by atoms with Gasteiger partial charge in [0.1, 0.15) is 12.0 Å². The third-order valence-electron chi connectivity index (χ3n) is 2.72. The van der Waals surface area contributed by atoms with Gasteiger partial charge in [0.2, 0.25) is 5.89 Å². The van der Waals surface area contributed by atoms with Gasteiger partial charge in [-0.15, -0.1) is 0 Å². The molecule has 0 saturated heterocycles. The third-order valence-corrected chi connectivity index (χ3v) is 2.72. The Bertz CT molecular complexity index is 563. The highest BCUT2D eigenvalue weighted by Crippen LogP contribution is 2.11. The number of amides is 1. The van der Waals surface area contributed by atoms with Gasteiger partial charge in [0, 0.05) is 6.54 Å². The van der Waals surface area contributed by atoms with Gasteiger partial charge >= 0.3 is 0 Å². The lowest BCUT2D eigenvalue weighted by Crippen LogP contribution is -2.23. The molecule has 1 aromatic heterocycles. The van der Waals surface area contributed by atoms with Gasteiger partial charge in [-0.05, 0) is 24.7 Å². The van der Waals surface area contributed by atoms with Crippen molar-refractivity contribution in [3.8, 4) is 5.75 Å². The Labute approximate surface area is 117 Å². The van der Waals surface area contributed by atoms with Gasteiger partial charge in [-0.25, -0.2) is 4.98 Å². The number of benzene rings is 1. The van der Waals surface area contributed by atoms with Crippen LogP contribution in [-0.2, 0) is 13.1 Å². The van der Waals surface area contributed by atoms with Gasteiger partial charge in [0.05, 0.1) is 13.7 Å². The summed E-state index contributed by atoms with van der Waals surface area (Å²) in [6.07, 6.45) is 1.36. The second-order valence-electron chi connectivity index (χ2n) is 4.19. The van der Waals surface area contributed by atoms with E-state index in [2.05, 4.69) is 15.6 Å². The molecule has 2 rings (SSSR count). The van der Waals surface area contributed by atoms with Gasteiger partial charge in [-0.3, -0.25) is 4.79 Å². The molecule has 1 amide bonds. The van der Waals surface area contributed by atoms with Crippen molar-refractivity contribution in [1.82, 2.24) is 15.6 Å². The van der Waals surface area contributed by atoms with Crippen LogP contribution in [0.2, 0.25) is 0 Å². The molecule has 0 saturated carbocycles. The number of ether oxygens (including phenoxy) is 1. The summed E-state index contributed by atoms with van der Waals surface area (Å²) in [5.41, 5.74) is 1.27. The van der Waals surface area contributed by atoms with E-state index in [0.29, 0.717) is 19.0 Å². The first-order chi connectivity index (χ1) is 9.72. The van der Waals surface area contributed by atoms with Gasteiger partial charge in [0.25, 0.3) is 5.91 Å². The Hall–Kier alpha value is -2.34. The Morgan fingerprint density at radius 2 is 2.05 bits per heavy atom. The maximum Gasteiger partial charge on any atom is 0.273 e. The van der Waals surface area contributed by atoms with Gasteiger partial charge in [0.15, 0.2) is 5.69 Å². The molecule has 0 aliphatic rings. The molecule has 2 N–H and O–H groups in total. The normalized spacial score (nSPS) is 10.3. The SMILES string of the molecule is CNCc1nc(C(=O)NCc2ccc(OC)cc2)co1. The summed E-state index contributed by atoms with van der Waals surface area (Å²) in [5, 5.41) is 5.69. The van der Waals surface area contributed by atoms with Gasteiger partial charge in [-0.1, -0.05) is 12.1 Å². The van der Waals surface area contributed by atoms with E-state index in [0.717, 1.165) is 11.3 Å². The number of carbonyl (C=O) groups excluding carboxylic acids is 1. The van der Waals surface area contributed by atoms with E-state index >= 15 is 0 Å². The van der Waals surface area contributed by atoms with Gasteiger partial charge < -0.3 is 19.8 Å². The first kappa shape index (κ1) is 14.1. The lowest BCUT2D eigenvalue weighted by molar-refractivity contribution is 0.0946. The largest absolute Gasteiger partial charge is 0.497 e. The summed E-state index contributed by atoms with van der Waals surface area (Å²) in [4.78, 5) is 16.0. The number of hydrogen-bond acceptors (Lipinski definition) is 5. The fraction of sp³-hybridized carbons (Fsp3) is 0.286. The van der Waals surface area contributed by atoms with Crippen molar-refractivity contribution in [3.63, 3.8) is 0 Å². The molecular weight excluding hydrogens is 258 g/mol. The Balaban J connectivity index is 1.90. The number of nitrogens with one attached hydrogen (secondary N) is 2. The molecule has 20 heavy (non-hydrogen) atoms. The van der Waals surface area contributed by atoms with E-state index in [1.165, 1.54) is 6.26 Å². The average Bonchev–Trinajstić information content (AvgIpc) is 2.94. The number of carbonyl (C=O) groups is 1. The summed E-state index contributed by atoms with van der Waals surface area (Å²) < 4.78 is 10.2. The van der Waals surface area contributed by atoms with Crippen molar-refractivity contribution in [2.24, 2.45) is 0 Å². The van der Waals surface area contributed by atoms with Crippen molar-refractivity contribution in [2.75, 3.05) is 14.2 Å². The van der Waals surface area contributed by atoms with Crippen LogP contribution in [0.15, 0.2) is 34.9 Å². The van der Waals surface area contributed by atoms with Crippen LogP contribution in [0.4, 0.5) is 0 Å². The molecule has 0 fully saturated rings. The van der Waals surface area contributed by atoms with E-state index < -0.39 is 0 Å². The van der Waals surface area contributed by atoms with Crippen LogP contribution in [-0.4, -0.2) is 25.0 Å². The van der Waals surface area contributed by atoms with E-state index in [-0.39, 0.29) is 11.6 Å². The average molecular weight is 275 g/mol. The van der Waals surface area contributed by atoms with Crippen molar-refractivity contribution >= 4 is 5.91 Å². The topological polar surface area (TPSA) is 76.4 Å². The van der Waals surface area contributed by atoms with Crippen LogP contribution in [0.5, 0.6) is 5.75 Å². The van der Waals surface area contributed by atoms with Crippen LogP contribution in [0.3, 0.4) is 0 Å². The smallest absolute Gasteiger partial charge is 0.273 e. The van der Waals surface area contributed by atoms with Crippen molar-refractivity contribution in [3.05, 3.63) is 47.7 Å². The minimum absolute atomic E-state index is 0.257. The Morgan fingerprint density at radius 3 is 2.70 bits per heavy atom. The standard InChI is InChI=1S/C14H17N3O3/c1-15-8-13-17-12(9-20-13)14(18)16-7-10-3-5-11(19-2)6-4-10/h3-6,9,15H,7-8H2,1-2H3,(H,16,18). The van der Waals surface area contributed by atoms with E-state index in [4.69, 9.17) is 9.15 Å². The fourth-order valence-corrected chi connectivity index (χ4v) is 1.66. The highest BCUT2D eigenvalue weighted by molar-refractivity contribution is 5.91. The zero-order chi connectivity index (χ0) is 14.4. The number of hydrogen-bond donors (Lipinski definition) is 2. The second-order valence-corrected chi connectivity index (χ2v) is 4.19. The number of oxazole rings is 1. The monoisotopic (exact) mass is 275 g/mol. The Morgan fingerprint density at radius 1 is 1.30 bits per heavy atom. The first-order valence-electron chi connectivity index (χ1n) is 6.23. The number of rotatable bonds is 6. The van der Waals surface area contributed by atoms with Crippen LogP contribution < -0.4 is 15.4 Å². The maximum absolute atomic E-state index is 11.9.